The molecule has 2 rings (SSSR count). The van der Waals surface area contributed by atoms with Crippen molar-refractivity contribution in [3.05, 3.63) is 41.0 Å². The van der Waals surface area contributed by atoms with Crippen LogP contribution < -0.4 is 5.32 Å². The number of nitrogens with zero attached hydrogens (tertiary/aromatic N) is 2. The molecule has 0 atom stereocenters. The van der Waals surface area contributed by atoms with Gasteiger partial charge in [-0.15, -0.1) is 0 Å². The van der Waals surface area contributed by atoms with Crippen LogP contribution in [0.3, 0.4) is 0 Å². The van der Waals surface area contributed by atoms with Gasteiger partial charge in [-0.25, -0.2) is 4.79 Å². The number of hydrogen-bond donors (Lipinski definition) is 2. The lowest BCUT2D eigenvalue weighted by molar-refractivity contribution is 0.0698. The van der Waals surface area contributed by atoms with Crippen molar-refractivity contribution in [1.29, 1.82) is 0 Å². The lowest BCUT2D eigenvalue weighted by atomic mass is 10.1. The van der Waals surface area contributed by atoms with E-state index in [1.165, 1.54) is 0 Å². The van der Waals surface area contributed by atoms with E-state index in [1.807, 2.05) is 13.0 Å². The first kappa shape index (κ1) is 13.1. The Morgan fingerprint density at radius 2 is 2.21 bits per heavy atom. The molecule has 0 saturated heterocycles. The van der Waals surface area contributed by atoms with Gasteiger partial charge in [0.15, 0.2) is 5.82 Å². The molecule has 6 heteroatoms. The molecule has 0 aliphatic heterocycles. The zero-order valence-corrected chi connectivity index (χ0v) is 10.8. The second kappa shape index (κ2) is 5.51. The topological polar surface area (TPSA) is 88.2 Å². The highest BCUT2D eigenvalue weighted by Crippen LogP contribution is 2.20. The maximum Gasteiger partial charge on any atom is 0.337 e. The van der Waals surface area contributed by atoms with Gasteiger partial charge in [-0.05, 0) is 18.6 Å². The monoisotopic (exact) mass is 261 g/mol. The molecule has 0 spiro atoms. The minimum Gasteiger partial charge on any atom is -0.478 e. The molecule has 1 aromatic heterocycles. The SMILES string of the molecule is Cc1nc(CCNc2c(C)cccc2C(=O)O)no1. The van der Waals surface area contributed by atoms with Crippen LogP contribution in [0.5, 0.6) is 0 Å². The zero-order valence-electron chi connectivity index (χ0n) is 10.8. The van der Waals surface area contributed by atoms with Crippen LogP contribution in [0.2, 0.25) is 0 Å². The second-order valence-corrected chi connectivity index (χ2v) is 4.21. The minimum absolute atomic E-state index is 0.268. The van der Waals surface area contributed by atoms with Crippen LogP contribution in [0.25, 0.3) is 0 Å². The molecule has 0 aliphatic rings. The van der Waals surface area contributed by atoms with Gasteiger partial charge in [0.2, 0.25) is 5.89 Å². The Balaban J connectivity index is 2.05. The number of hydrogen-bond acceptors (Lipinski definition) is 5. The smallest absolute Gasteiger partial charge is 0.337 e. The molecule has 2 N–H and O–H groups in total. The fourth-order valence-electron chi connectivity index (χ4n) is 1.82. The first-order valence-electron chi connectivity index (χ1n) is 5.94. The van der Waals surface area contributed by atoms with Crippen LogP contribution in [0.15, 0.2) is 22.7 Å². The van der Waals surface area contributed by atoms with Crippen molar-refractivity contribution >= 4 is 11.7 Å². The van der Waals surface area contributed by atoms with Crippen molar-refractivity contribution in [3.63, 3.8) is 0 Å². The van der Waals surface area contributed by atoms with Crippen molar-refractivity contribution in [2.45, 2.75) is 20.3 Å². The summed E-state index contributed by atoms with van der Waals surface area (Å²) in [7, 11) is 0. The molecule has 19 heavy (non-hydrogen) atoms. The van der Waals surface area contributed by atoms with Crippen LogP contribution >= 0.6 is 0 Å². The number of carboxylic acid groups (broad SMARTS) is 1. The fourth-order valence-corrected chi connectivity index (χ4v) is 1.82. The third kappa shape index (κ3) is 3.09. The largest absolute Gasteiger partial charge is 0.478 e. The molecule has 100 valence electrons. The average molecular weight is 261 g/mol. The Hall–Kier alpha value is -2.37. The zero-order chi connectivity index (χ0) is 13.8. The van der Waals surface area contributed by atoms with Crippen LogP contribution in [0.4, 0.5) is 5.69 Å². The van der Waals surface area contributed by atoms with Crippen molar-refractivity contribution < 1.29 is 14.4 Å². The Morgan fingerprint density at radius 3 is 2.84 bits per heavy atom. The van der Waals surface area contributed by atoms with Gasteiger partial charge in [0.1, 0.15) is 0 Å². The molecule has 0 aliphatic carbocycles. The van der Waals surface area contributed by atoms with E-state index in [-0.39, 0.29) is 5.56 Å². The average Bonchev–Trinajstić information content (AvgIpc) is 2.77. The predicted octanol–water partition coefficient (Wildman–Crippen LogP) is 2.04. The minimum atomic E-state index is -0.943. The van der Waals surface area contributed by atoms with Gasteiger partial charge in [0.05, 0.1) is 11.3 Å². The van der Waals surface area contributed by atoms with Crippen molar-refractivity contribution in [2.24, 2.45) is 0 Å². The highest BCUT2D eigenvalue weighted by molar-refractivity contribution is 5.95. The van der Waals surface area contributed by atoms with Crippen LogP contribution in [-0.2, 0) is 6.42 Å². The lowest BCUT2D eigenvalue weighted by Gasteiger charge is -2.11. The van der Waals surface area contributed by atoms with Gasteiger partial charge in [0.25, 0.3) is 0 Å². The summed E-state index contributed by atoms with van der Waals surface area (Å²) in [5.74, 6) is 0.189. The molecule has 6 nitrogen and oxygen atoms in total. The molecule has 0 bridgehead atoms. The van der Waals surface area contributed by atoms with Crippen LogP contribution in [0.1, 0.15) is 27.6 Å². The molecule has 0 fully saturated rings. The van der Waals surface area contributed by atoms with Gasteiger partial charge in [-0.3, -0.25) is 0 Å². The predicted molar refractivity (Wildman–Crippen MR) is 69.4 cm³/mol. The van der Waals surface area contributed by atoms with E-state index in [1.54, 1.807) is 19.1 Å². The Labute approximate surface area is 110 Å². The maximum atomic E-state index is 11.1. The maximum absolute atomic E-state index is 11.1. The van der Waals surface area contributed by atoms with Crippen molar-refractivity contribution in [2.75, 3.05) is 11.9 Å². The number of aromatic carboxylic acids is 1. The molecule has 0 amide bonds. The first-order valence-corrected chi connectivity index (χ1v) is 5.94. The number of benzene rings is 1. The fraction of sp³-hybridized carbons (Fsp3) is 0.308. The standard InChI is InChI=1S/C13H15N3O3/c1-8-4-3-5-10(13(17)18)12(8)14-7-6-11-15-9(2)19-16-11/h3-5,14H,6-7H2,1-2H3,(H,17,18). The molecular weight excluding hydrogens is 246 g/mol. The highest BCUT2D eigenvalue weighted by atomic mass is 16.5. The molecular formula is C13H15N3O3. The molecule has 2 aromatic rings. The summed E-state index contributed by atoms with van der Waals surface area (Å²) in [6, 6.07) is 5.18. The Morgan fingerprint density at radius 1 is 1.42 bits per heavy atom. The molecule has 1 aromatic carbocycles. The number of nitrogens with one attached hydrogen (secondary N) is 1. The normalized spacial score (nSPS) is 10.4. The number of aryl methyl sites for hydroxylation is 2. The van der Waals surface area contributed by atoms with Crippen LogP contribution in [-0.4, -0.2) is 27.8 Å². The summed E-state index contributed by atoms with van der Waals surface area (Å²) < 4.78 is 4.87. The number of para-hydroxylation sites is 1. The molecule has 0 radical (unpaired) electrons. The number of rotatable bonds is 5. The number of anilines is 1. The third-order valence-corrected chi connectivity index (χ3v) is 2.72. The third-order valence-electron chi connectivity index (χ3n) is 2.72. The van der Waals surface area contributed by atoms with Gasteiger partial charge in [0, 0.05) is 19.9 Å². The van der Waals surface area contributed by atoms with E-state index in [2.05, 4.69) is 15.5 Å². The van der Waals surface area contributed by atoms with E-state index in [0.717, 1.165) is 5.56 Å². The Kier molecular flexibility index (Phi) is 3.79. The summed E-state index contributed by atoms with van der Waals surface area (Å²) in [5, 5.41) is 16.0. The number of aromatic nitrogens is 2. The summed E-state index contributed by atoms with van der Waals surface area (Å²) in [6.07, 6.45) is 0.574. The lowest BCUT2D eigenvalue weighted by Crippen LogP contribution is -2.11. The summed E-state index contributed by atoms with van der Waals surface area (Å²) in [4.78, 5) is 15.2. The van der Waals surface area contributed by atoms with Gasteiger partial charge in [-0.2, -0.15) is 4.98 Å². The number of carbonyl (C=O) groups is 1. The quantitative estimate of drug-likeness (QED) is 0.856. The molecule has 1 heterocycles. The number of carboxylic acids is 1. The van der Waals surface area contributed by atoms with E-state index in [0.29, 0.717) is 30.4 Å². The van der Waals surface area contributed by atoms with Crippen LogP contribution in [0, 0.1) is 13.8 Å². The van der Waals surface area contributed by atoms with Gasteiger partial charge in [-0.1, -0.05) is 17.3 Å². The highest BCUT2D eigenvalue weighted by Gasteiger charge is 2.11. The van der Waals surface area contributed by atoms with E-state index >= 15 is 0 Å². The van der Waals surface area contributed by atoms with Crippen molar-refractivity contribution in [1.82, 2.24) is 10.1 Å². The van der Waals surface area contributed by atoms with E-state index < -0.39 is 5.97 Å². The summed E-state index contributed by atoms with van der Waals surface area (Å²) in [5.41, 5.74) is 1.80. The van der Waals surface area contributed by atoms with Crippen molar-refractivity contribution in [3.8, 4) is 0 Å². The van der Waals surface area contributed by atoms with E-state index in [4.69, 9.17) is 9.63 Å². The van der Waals surface area contributed by atoms with Gasteiger partial charge >= 0.3 is 5.97 Å². The molecule has 0 saturated carbocycles. The molecule has 0 unspecified atom stereocenters. The Bertz CT molecular complexity index is 593. The summed E-state index contributed by atoms with van der Waals surface area (Å²) in [6.45, 7) is 4.14. The van der Waals surface area contributed by atoms with Gasteiger partial charge < -0.3 is 14.9 Å². The second-order valence-electron chi connectivity index (χ2n) is 4.21. The first-order chi connectivity index (χ1) is 9.08. The van der Waals surface area contributed by atoms with E-state index in [9.17, 15) is 4.79 Å². The summed E-state index contributed by atoms with van der Waals surface area (Å²) >= 11 is 0.